The van der Waals surface area contributed by atoms with Gasteiger partial charge in [-0.2, -0.15) is 0 Å². The van der Waals surface area contributed by atoms with Crippen LogP contribution in [0.2, 0.25) is 0 Å². The maximum atomic E-state index is 12.0. The van der Waals surface area contributed by atoms with Crippen molar-refractivity contribution in [3.8, 4) is 11.7 Å². The molecule has 0 saturated carbocycles. The molecule has 5 nitrogen and oxygen atoms in total. The van der Waals surface area contributed by atoms with Crippen LogP contribution in [0.5, 0.6) is 6.01 Å². The summed E-state index contributed by atoms with van der Waals surface area (Å²) in [4.78, 5) is 12.0. The van der Waals surface area contributed by atoms with Crippen molar-refractivity contribution in [1.82, 2.24) is 14.3 Å². The number of hydrogen-bond acceptors (Lipinski definition) is 3. The summed E-state index contributed by atoms with van der Waals surface area (Å²) in [5.41, 5.74) is 2.65. The van der Waals surface area contributed by atoms with Gasteiger partial charge in [0.05, 0.1) is 12.8 Å². The lowest BCUT2D eigenvalue weighted by Crippen LogP contribution is -2.22. The van der Waals surface area contributed by atoms with Crippen molar-refractivity contribution in [3.63, 3.8) is 0 Å². The number of benzene rings is 1. The molecule has 0 aliphatic heterocycles. The molecule has 1 aromatic carbocycles. The predicted molar refractivity (Wildman–Crippen MR) is 64.8 cm³/mol. The molecule has 2 aromatic rings. The summed E-state index contributed by atoms with van der Waals surface area (Å²) in [5.74, 6) is 0. The normalized spacial score (nSPS) is 10.6. The Morgan fingerprint density at radius 2 is 1.82 bits per heavy atom. The first-order valence-electron chi connectivity index (χ1n) is 5.33. The SMILES string of the molecule is COc1nn(C)c(=O)n1-c1c(C)cccc1C. The molecule has 0 aliphatic carbocycles. The van der Waals surface area contributed by atoms with Crippen LogP contribution in [0.4, 0.5) is 0 Å². The standard InChI is InChI=1S/C12H15N3O2/c1-8-6-5-7-9(2)10(8)15-11(17-4)13-14(3)12(15)16/h5-7H,1-4H3. The lowest BCUT2D eigenvalue weighted by molar-refractivity contribution is 0.368. The second kappa shape index (κ2) is 4.08. The van der Waals surface area contributed by atoms with E-state index >= 15 is 0 Å². The molecule has 0 radical (unpaired) electrons. The van der Waals surface area contributed by atoms with Gasteiger partial charge in [-0.15, -0.1) is 5.10 Å². The number of methoxy groups -OCH3 is 1. The van der Waals surface area contributed by atoms with Crippen LogP contribution < -0.4 is 10.4 Å². The Morgan fingerprint density at radius 3 is 2.35 bits per heavy atom. The fourth-order valence-corrected chi connectivity index (χ4v) is 1.92. The van der Waals surface area contributed by atoms with Crippen LogP contribution in [0, 0.1) is 13.8 Å². The summed E-state index contributed by atoms with van der Waals surface area (Å²) in [6.45, 7) is 3.92. The van der Waals surface area contributed by atoms with Crippen LogP contribution in [0.3, 0.4) is 0 Å². The third-order valence-corrected chi connectivity index (χ3v) is 2.74. The summed E-state index contributed by atoms with van der Waals surface area (Å²) in [6.07, 6.45) is 0. The van der Waals surface area contributed by atoms with E-state index in [-0.39, 0.29) is 5.69 Å². The minimum Gasteiger partial charge on any atom is -0.467 e. The zero-order valence-corrected chi connectivity index (χ0v) is 10.4. The molecule has 0 fully saturated rings. The molecule has 0 unspecified atom stereocenters. The number of ether oxygens (including phenoxy) is 1. The highest BCUT2D eigenvalue weighted by atomic mass is 16.5. The van der Waals surface area contributed by atoms with E-state index in [4.69, 9.17) is 4.74 Å². The van der Waals surface area contributed by atoms with E-state index in [1.165, 1.54) is 16.4 Å². The average molecular weight is 233 g/mol. The first kappa shape index (κ1) is 11.4. The first-order valence-corrected chi connectivity index (χ1v) is 5.33. The number of nitrogens with zero attached hydrogens (tertiary/aromatic N) is 3. The molecular formula is C12H15N3O2. The zero-order valence-electron chi connectivity index (χ0n) is 10.4. The molecule has 0 N–H and O–H groups in total. The molecule has 0 spiro atoms. The van der Waals surface area contributed by atoms with E-state index in [9.17, 15) is 4.79 Å². The molecule has 5 heteroatoms. The van der Waals surface area contributed by atoms with Gasteiger partial charge in [-0.1, -0.05) is 18.2 Å². The number of aromatic nitrogens is 3. The predicted octanol–water partition coefficient (Wildman–Crippen LogP) is 1.20. The second-order valence-corrected chi connectivity index (χ2v) is 3.97. The Hall–Kier alpha value is -2.04. The Bertz CT molecular complexity index is 590. The molecule has 17 heavy (non-hydrogen) atoms. The van der Waals surface area contributed by atoms with E-state index in [2.05, 4.69) is 5.10 Å². The Balaban J connectivity index is 2.81. The molecule has 1 aromatic heterocycles. The third kappa shape index (κ3) is 1.73. The molecule has 0 amide bonds. The van der Waals surface area contributed by atoms with Crippen LogP contribution in [-0.4, -0.2) is 21.5 Å². The van der Waals surface area contributed by atoms with E-state index in [1.807, 2.05) is 32.0 Å². The largest absolute Gasteiger partial charge is 0.467 e. The maximum Gasteiger partial charge on any atom is 0.353 e. The highest BCUT2D eigenvalue weighted by Crippen LogP contribution is 2.20. The fraction of sp³-hybridized carbons (Fsp3) is 0.333. The highest BCUT2D eigenvalue weighted by Gasteiger charge is 2.16. The van der Waals surface area contributed by atoms with Crippen molar-refractivity contribution >= 4 is 0 Å². The van der Waals surface area contributed by atoms with Crippen LogP contribution in [0.15, 0.2) is 23.0 Å². The summed E-state index contributed by atoms with van der Waals surface area (Å²) < 4.78 is 7.90. The molecule has 0 bridgehead atoms. The third-order valence-electron chi connectivity index (χ3n) is 2.74. The lowest BCUT2D eigenvalue weighted by atomic mass is 10.1. The molecule has 90 valence electrons. The van der Waals surface area contributed by atoms with Crippen molar-refractivity contribution in [2.45, 2.75) is 13.8 Å². The summed E-state index contributed by atoms with van der Waals surface area (Å²) in [6, 6.07) is 6.18. The molecule has 0 aliphatic rings. The van der Waals surface area contributed by atoms with Crippen LogP contribution in [0.25, 0.3) is 5.69 Å². The lowest BCUT2D eigenvalue weighted by Gasteiger charge is -2.10. The van der Waals surface area contributed by atoms with Gasteiger partial charge in [0.2, 0.25) is 0 Å². The molecule has 0 saturated heterocycles. The van der Waals surface area contributed by atoms with E-state index < -0.39 is 0 Å². The highest BCUT2D eigenvalue weighted by molar-refractivity contribution is 5.48. The van der Waals surface area contributed by atoms with Crippen molar-refractivity contribution in [3.05, 3.63) is 39.8 Å². The van der Waals surface area contributed by atoms with Crippen LogP contribution >= 0.6 is 0 Å². The number of aryl methyl sites for hydroxylation is 3. The van der Waals surface area contributed by atoms with Crippen molar-refractivity contribution in [1.29, 1.82) is 0 Å². The van der Waals surface area contributed by atoms with Crippen LogP contribution in [0.1, 0.15) is 11.1 Å². The fourth-order valence-electron chi connectivity index (χ4n) is 1.92. The smallest absolute Gasteiger partial charge is 0.353 e. The van der Waals surface area contributed by atoms with Gasteiger partial charge in [0.15, 0.2) is 0 Å². The first-order chi connectivity index (χ1) is 8.06. The van der Waals surface area contributed by atoms with E-state index in [1.54, 1.807) is 7.05 Å². The summed E-state index contributed by atoms with van der Waals surface area (Å²) in [7, 11) is 3.11. The van der Waals surface area contributed by atoms with Crippen molar-refractivity contribution in [2.75, 3.05) is 7.11 Å². The van der Waals surface area contributed by atoms with Crippen molar-refractivity contribution in [2.24, 2.45) is 7.05 Å². The molecule has 2 rings (SSSR count). The van der Waals surface area contributed by atoms with Gasteiger partial charge in [0.25, 0.3) is 0 Å². The number of hydrogen-bond donors (Lipinski definition) is 0. The monoisotopic (exact) mass is 233 g/mol. The zero-order chi connectivity index (χ0) is 12.6. The minimum absolute atomic E-state index is 0.209. The number of para-hydroxylation sites is 1. The maximum absolute atomic E-state index is 12.0. The molecule has 1 heterocycles. The van der Waals surface area contributed by atoms with Gasteiger partial charge in [-0.3, -0.25) is 0 Å². The Kier molecular flexibility index (Phi) is 2.75. The molecule has 0 atom stereocenters. The number of rotatable bonds is 2. The summed E-state index contributed by atoms with van der Waals surface area (Å²) >= 11 is 0. The second-order valence-electron chi connectivity index (χ2n) is 3.97. The minimum atomic E-state index is -0.209. The molecular weight excluding hydrogens is 218 g/mol. The van der Waals surface area contributed by atoms with Gasteiger partial charge in [0, 0.05) is 7.05 Å². The Labute approximate surface area is 99.3 Å². The Morgan fingerprint density at radius 1 is 1.24 bits per heavy atom. The van der Waals surface area contributed by atoms with Gasteiger partial charge in [0.1, 0.15) is 0 Å². The van der Waals surface area contributed by atoms with Gasteiger partial charge in [-0.05, 0) is 25.0 Å². The van der Waals surface area contributed by atoms with E-state index in [0.29, 0.717) is 6.01 Å². The average Bonchev–Trinajstić information content (AvgIpc) is 2.56. The topological polar surface area (TPSA) is 49.1 Å². The van der Waals surface area contributed by atoms with Gasteiger partial charge in [-0.25, -0.2) is 14.0 Å². The summed E-state index contributed by atoms with van der Waals surface area (Å²) in [5, 5.41) is 4.03. The van der Waals surface area contributed by atoms with Gasteiger partial charge < -0.3 is 4.74 Å². The van der Waals surface area contributed by atoms with Gasteiger partial charge >= 0.3 is 11.7 Å². The van der Waals surface area contributed by atoms with E-state index in [0.717, 1.165) is 16.8 Å². The quantitative estimate of drug-likeness (QED) is 0.783. The van der Waals surface area contributed by atoms with Crippen molar-refractivity contribution < 1.29 is 4.74 Å². The van der Waals surface area contributed by atoms with Crippen LogP contribution in [-0.2, 0) is 7.05 Å².